The van der Waals surface area contributed by atoms with E-state index < -0.39 is 5.82 Å². The summed E-state index contributed by atoms with van der Waals surface area (Å²) in [6.07, 6.45) is 5.95. The van der Waals surface area contributed by atoms with Crippen LogP contribution in [-0.4, -0.2) is 22.1 Å². The van der Waals surface area contributed by atoms with Crippen molar-refractivity contribution in [2.45, 2.75) is 6.61 Å². The van der Waals surface area contributed by atoms with Gasteiger partial charge in [0, 0.05) is 17.3 Å². The monoisotopic (exact) mass is 299 g/mol. The van der Waals surface area contributed by atoms with Gasteiger partial charge in [-0.05, 0) is 6.07 Å². The SMILES string of the molecule is COc1c(F)cncc1-c1ccccc1OCc1cnc[nH]1. The second-order valence-corrected chi connectivity index (χ2v) is 4.56. The second kappa shape index (κ2) is 6.26. The van der Waals surface area contributed by atoms with E-state index >= 15 is 0 Å². The number of imidazole rings is 1. The number of pyridine rings is 1. The largest absolute Gasteiger partial charge is 0.493 e. The fraction of sp³-hybridized carbons (Fsp3) is 0.125. The van der Waals surface area contributed by atoms with Crippen LogP contribution in [0.25, 0.3) is 11.1 Å². The van der Waals surface area contributed by atoms with Crippen LogP contribution in [0.2, 0.25) is 0 Å². The van der Waals surface area contributed by atoms with Crippen LogP contribution in [0.1, 0.15) is 5.69 Å². The van der Waals surface area contributed by atoms with Gasteiger partial charge in [0.25, 0.3) is 0 Å². The van der Waals surface area contributed by atoms with Gasteiger partial charge in [-0.15, -0.1) is 0 Å². The number of methoxy groups -OCH3 is 1. The molecule has 0 amide bonds. The van der Waals surface area contributed by atoms with E-state index in [1.807, 2.05) is 24.3 Å². The lowest BCUT2D eigenvalue weighted by atomic mass is 10.1. The molecule has 6 heteroatoms. The Morgan fingerprint density at radius 3 is 2.73 bits per heavy atom. The van der Waals surface area contributed by atoms with Gasteiger partial charge in [-0.1, -0.05) is 18.2 Å². The third kappa shape index (κ3) is 2.76. The Kier molecular flexibility index (Phi) is 4.00. The minimum Gasteiger partial charge on any atom is -0.493 e. The van der Waals surface area contributed by atoms with Crippen LogP contribution in [0.4, 0.5) is 4.39 Å². The molecule has 2 aromatic heterocycles. The normalized spacial score (nSPS) is 10.5. The van der Waals surface area contributed by atoms with E-state index in [1.54, 1.807) is 18.7 Å². The van der Waals surface area contributed by atoms with Crippen molar-refractivity contribution in [1.29, 1.82) is 0 Å². The van der Waals surface area contributed by atoms with Crippen molar-refractivity contribution in [1.82, 2.24) is 15.0 Å². The third-order valence-electron chi connectivity index (χ3n) is 3.17. The Balaban J connectivity index is 1.96. The zero-order valence-corrected chi connectivity index (χ0v) is 11.9. The first-order chi connectivity index (χ1) is 10.8. The van der Waals surface area contributed by atoms with Crippen LogP contribution in [0.5, 0.6) is 11.5 Å². The smallest absolute Gasteiger partial charge is 0.183 e. The van der Waals surface area contributed by atoms with Gasteiger partial charge in [0.1, 0.15) is 12.4 Å². The first-order valence-electron chi connectivity index (χ1n) is 6.66. The van der Waals surface area contributed by atoms with Crippen LogP contribution in [-0.2, 0) is 6.61 Å². The Morgan fingerprint density at radius 2 is 1.95 bits per heavy atom. The minimum absolute atomic E-state index is 0.146. The number of para-hydroxylation sites is 1. The number of ether oxygens (including phenoxy) is 2. The van der Waals surface area contributed by atoms with Crippen molar-refractivity contribution in [3.8, 4) is 22.6 Å². The van der Waals surface area contributed by atoms with Crippen molar-refractivity contribution in [3.63, 3.8) is 0 Å². The number of nitrogens with zero attached hydrogens (tertiary/aromatic N) is 2. The number of hydrogen-bond acceptors (Lipinski definition) is 4. The fourth-order valence-electron chi connectivity index (χ4n) is 2.16. The Bertz CT molecular complexity index is 760. The van der Waals surface area contributed by atoms with Crippen molar-refractivity contribution in [2.75, 3.05) is 7.11 Å². The van der Waals surface area contributed by atoms with Gasteiger partial charge < -0.3 is 14.5 Å². The molecule has 0 unspecified atom stereocenters. The van der Waals surface area contributed by atoms with E-state index in [0.29, 0.717) is 23.5 Å². The molecule has 0 aliphatic rings. The summed E-state index contributed by atoms with van der Waals surface area (Å²) in [4.78, 5) is 10.8. The summed E-state index contributed by atoms with van der Waals surface area (Å²) in [6.45, 7) is 0.335. The number of aromatic nitrogens is 3. The number of benzene rings is 1. The summed E-state index contributed by atoms with van der Waals surface area (Å²) in [5.74, 6) is 0.249. The average Bonchev–Trinajstić information content (AvgIpc) is 3.06. The summed E-state index contributed by atoms with van der Waals surface area (Å²) in [6, 6.07) is 7.35. The van der Waals surface area contributed by atoms with Gasteiger partial charge in [0.15, 0.2) is 11.6 Å². The van der Waals surface area contributed by atoms with Crippen LogP contribution in [0, 0.1) is 5.82 Å². The Labute approximate surface area is 126 Å². The molecule has 22 heavy (non-hydrogen) atoms. The molecule has 1 N–H and O–H groups in total. The van der Waals surface area contributed by atoms with Crippen molar-refractivity contribution < 1.29 is 13.9 Å². The number of halogens is 1. The van der Waals surface area contributed by atoms with E-state index in [1.165, 1.54) is 7.11 Å². The quantitative estimate of drug-likeness (QED) is 0.786. The summed E-state index contributed by atoms with van der Waals surface area (Å²) >= 11 is 0. The maximum absolute atomic E-state index is 13.8. The summed E-state index contributed by atoms with van der Waals surface area (Å²) in [5, 5.41) is 0. The molecule has 0 saturated carbocycles. The molecule has 0 aliphatic carbocycles. The van der Waals surface area contributed by atoms with E-state index in [2.05, 4.69) is 15.0 Å². The van der Waals surface area contributed by atoms with E-state index in [-0.39, 0.29) is 5.75 Å². The Morgan fingerprint density at radius 1 is 1.09 bits per heavy atom. The van der Waals surface area contributed by atoms with E-state index in [9.17, 15) is 4.39 Å². The summed E-state index contributed by atoms with van der Waals surface area (Å²) in [5.41, 5.74) is 2.10. The van der Waals surface area contributed by atoms with Gasteiger partial charge in [-0.25, -0.2) is 9.37 Å². The molecule has 0 radical (unpaired) electrons. The number of hydrogen-bond donors (Lipinski definition) is 1. The van der Waals surface area contributed by atoms with Crippen LogP contribution in [0.3, 0.4) is 0 Å². The number of aromatic amines is 1. The fourth-order valence-corrected chi connectivity index (χ4v) is 2.16. The van der Waals surface area contributed by atoms with Crippen LogP contribution < -0.4 is 9.47 Å². The number of H-pyrrole nitrogens is 1. The lowest BCUT2D eigenvalue weighted by Crippen LogP contribution is -1.99. The maximum Gasteiger partial charge on any atom is 0.183 e. The van der Waals surface area contributed by atoms with Crippen molar-refractivity contribution in [3.05, 3.63) is 60.7 Å². The van der Waals surface area contributed by atoms with Crippen LogP contribution in [0.15, 0.2) is 49.2 Å². The lowest BCUT2D eigenvalue weighted by Gasteiger charge is -2.13. The summed E-state index contributed by atoms with van der Waals surface area (Å²) in [7, 11) is 1.43. The Hall–Kier alpha value is -2.89. The molecular formula is C16H14FN3O2. The highest BCUT2D eigenvalue weighted by molar-refractivity contribution is 5.75. The highest BCUT2D eigenvalue weighted by Crippen LogP contribution is 2.37. The highest BCUT2D eigenvalue weighted by atomic mass is 19.1. The van der Waals surface area contributed by atoms with Gasteiger partial charge >= 0.3 is 0 Å². The molecule has 0 aliphatic heterocycles. The second-order valence-electron chi connectivity index (χ2n) is 4.56. The highest BCUT2D eigenvalue weighted by Gasteiger charge is 2.15. The first kappa shape index (κ1) is 14.1. The molecule has 2 heterocycles. The molecule has 112 valence electrons. The predicted molar refractivity (Wildman–Crippen MR) is 79.1 cm³/mol. The first-order valence-corrected chi connectivity index (χ1v) is 6.66. The topological polar surface area (TPSA) is 60.0 Å². The van der Waals surface area contributed by atoms with Gasteiger partial charge in [0.05, 0.1) is 31.5 Å². The van der Waals surface area contributed by atoms with Crippen molar-refractivity contribution in [2.24, 2.45) is 0 Å². The molecule has 0 spiro atoms. The van der Waals surface area contributed by atoms with Gasteiger partial charge in [-0.2, -0.15) is 0 Å². The standard InChI is InChI=1S/C16H14FN3O2/c1-21-16-13(7-18-8-14(16)17)12-4-2-3-5-15(12)22-9-11-6-19-10-20-11/h2-8,10H,9H2,1H3,(H,19,20). The molecular weight excluding hydrogens is 285 g/mol. The zero-order valence-electron chi connectivity index (χ0n) is 11.9. The predicted octanol–water partition coefficient (Wildman–Crippen LogP) is 3.20. The molecule has 0 fully saturated rings. The molecule has 0 saturated heterocycles. The summed E-state index contributed by atoms with van der Waals surface area (Å²) < 4.78 is 24.8. The molecule has 1 aromatic carbocycles. The number of rotatable bonds is 5. The van der Waals surface area contributed by atoms with Crippen LogP contribution >= 0.6 is 0 Å². The minimum atomic E-state index is -0.511. The maximum atomic E-state index is 13.8. The molecule has 3 aromatic rings. The molecule has 0 atom stereocenters. The number of nitrogens with one attached hydrogen (secondary N) is 1. The molecule has 3 rings (SSSR count). The van der Waals surface area contributed by atoms with Gasteiger partial charge in [0.2, 0.25) is 0 Å². The molecule has 0 bridgehead atoms. The third-order valence-corrected chi connectivity index (χ3v) is 3.17. The lowest BCUT2D eigenvalue weighted by molar-refractivity contribution is 0.303. The van der Waals surface area contributed by atoms with Crippen molar-refractivity contribution >= 4 is 0 Å². The van der Waals surface area contributed by atoms with E-state index in [0.717, 1.165) is 11.9 Å². The average molecular weight is 299 g/mol. The van der Waals surface area contributed by atoms with E-state index in [4.69, 9.17) is 9.47 Å². The van der Waals surface area contributed by atoms with Gasteiger partial charge in [-0.3, -0.25) is 4.98 Å². The molecule has 5 nitrogen and oxygen atoms in total. The zero-order chi connectivity index (χ0) is 15.4.